The van der Waals surface area contributed by atoms with Crippen molar-refractivity contribution < 1.29 is 4.74 Å². The summed E-state index contributed by atoms with van der Waals surface area (Å²) in [6.45, 7) is 1.69. The van der Waals surface area contributed by atoms with Gasteiger partial charge in [0.15, 0.2) is 0 Å². The van der Waals surface area contributed by atoms with Crippen molar-refractivity contribution in [1.29, 1.82) is 0 Å². The van der Waals surface area contributed by atoms with Crippen LogP contribution in [0.1, 0.15) is 37.2 Å². The maximum Gasteiger partial charge on any atom is 0.0783 e. The Morgan fingerprint density at radius 3 is 2.90 bits per heavy atom. The van der Waals surface area contributed by atoms with Gasteiger partial charge >= 0.3 is 0 Å². The van der Waals surface area contributed by atoms with Crippen LogP contribution in [0.4, 0.5) is 0 Å². The number of benzene rings is 1. The normalized spacial score (nSPS) is 31.6. The predicted molar refractivity (Wildman–Crippen MR) is 86.2 cm³/mol. The number of hydrogen-bond acceptors (Lipinski definition) is 3. The van der Waals surface area contributed by atoms with Crippen LogP contribution in [-0.4, -0.2) is 30.3 Å². The molecule has 2 aliphatic rings. The highest BCUT2D eigenvalue weighted by Gasteiger charge is 2.40. The second kappa shape index (κ2) is 6.50. The van der Waals surface area contributed by atoms with Gasteiger partial charge in [-0.3, -0.25) is 0 Å². The molecule has 0 amide bonds. The van der Waals surface area contributed by atoms with Crippen molar-refractivity contribution in [3.05, 3.63) is 35.9 Å². The Kier molecular flexibility index (Phi) is 4.69. The van der Waals surface area contributed by atoms with E-state index in [1.165, 1.54) is 42.8 Å². The van der Waals surface area contributed by atoms with Crippen molar-refractivity contribution >= 4 is 11.8 Å². The van der Waals surface area contributed by atoms with Gasteiger partial charge in [0.25, 0.3) is 0 Å². The smallest absolute Gasteiger partial charge is 0.0783 e. The van der Waals surface area contributed by atoms with Crippen molar-refractivity contribution in [3.63, 3.8) is 0 Å². The van der Waals surface area contributed by atoms with E-state index in [0.29, 0.717) is 5.92 Å². The zero-order valence-electron chi connectivity index (χ0n) is 12.1. The highest BCUT2D eigenvalue weighted by molar-refractivity contribution is 7.99. The van der Waals surface area contributed by atoms with E-state index >= 15 is 0 Å². The van der Waals surface area contributed by atoms with Crippen molar-refractivity contribution in [3.8, 4) is 0 Å². The molecule has 0 radical (unpaired) electrons. The third kappa shape index (κ3) is 3.21. The Morgan fingerprint density at radius 2 is 2.20 bits per heavy atom. The lowest BCUT2D eigenvalue weighted by Gasteiger charge is -2.39. The molecule has 0 aliphatic carbocycles. The van der Waals surface area contributed by atoms with Gasteiger partial charge in [-0.15, -0.1) is 0 Å². The summed E-state index contributed by atoms with van der Waals surface area (Å²) in [6.07, 6.45) is 4.90. The number of nitrogens with two attached hydrogens (primary N) is 1. The molecule has 2 saturated heterocycles. The number of rotatable bonds is 4. The summed E-state index contributed by atoms with van der Waals surface area (Å²) in [4.78, 5) is 0. The van der Waals surface area contributed by atoms with E-state index in [4.69, 9.17) is 10.5 Å². The molecule has 3 atom stereocenters. The first-order valence-electron chi connectivity index (χ1n) is 7.78. The Hall–Kier alpha value is -0.510. The molecule has 3 unspecified atom stereocenters. The number of thioether (sulfide) groups is 1. The minimum absolute atomic E-state index is 0.198. The highest BCUT2D eigenvalue weighted by Crippen LogP contribution is 2.42. The Bertz CT molecular complexity index is 416. The van der Waals surface area contributed by atoms with Crippen LogP contribution in [-0.2, 0) is 4.74 Å². The van der Waals surface area contributed by atoms with E-state index in [0.717, 1.165) is 19.1 Å². The van der Waals surface area contributed by atoms with E-state index in [1.807, 2.05) is 0 Å². The van der Waals surface area contributed by atoms with Crippen molar-refractivity contribution in [2.24, 2.45) is 11.7 Å². The zero-order valence-corrected chi connectivity index (χ0v) is 12.9. The molecular formula is C17H25NOS. The van der Waals surface area contributed by atoms with Crippen LogP contribution < -0.4 is 5.73 Å². The molecule has 3 rings (SSSR count). The fraction of sp³-hybridized carbons (Fsp3) is 0.647. The molecular weight excluding hydrogens is 266 g/mol. The molecule has 110 valence electrons. The molecule has 0 aromatic heterocycles. The van der Waals surface area contributed by atoms with E-state index in [-0.39, 0.29) is 5.60 Å². The third-order valence-corrected chi connectivity index (χ3v) is 6.06. The second-order valence-corrected chi connectivity index (χ2v) is 7.38. The van der Waals surface area contributed by atoms with Crippen LogP contribution in [0.3, 0.4) is 0 Å². The molecule has 2 aliphatic heterocycles. The van der Waals surface area contributed by atoms with Gasteiger partial charge in [-0.2, -0.15) is 11.8 Å². The van der Waals surface area contributed by atoms with Crippen LogP contribution in [0.5, 0.6) is 0 Å². The van der Waals surface area contributed by atoms with E-state index in [9.17, 15) is 0 Å². The lowest BCUT2D eigenvalue weighted by atomic mass is 9.79. The van der Waals surface area contributed by atoms with E-state index in [2.05, 4.69) is 42.1 Å². The summed E-state index contributed by atoms with van der Waals surface area (Å²) in [7, 11) is 0. The summed E-state index contributed by atoms with van der Waals surface area (Å²) in [5.41, 5.74) is 7.63. The Labute approximate surface area is 126 Å². The summed E-state index contributed by atoms with van der Waals surface area (Å²) in [5.74, 6) is 3.75. The van der Waals surface area contributed by atoms with Gasteiger partial charge in [0.1, 0.15) is 0 Å². The molecule has 2 N–H and O–H groups in total. The highest BCUT2D eigenvalue weighted by atomic mass is 32.2. The van der Waals surface area contributed by atoms with Crippen LogP contribution in [0.15, 0.2) is 30.3 Å². The van der Waals surface area contributed by atoms with Gasteiger partial charge in [-0.05, 0) is 55.4 Å². The first kappa shape index (κ1) is 14.4. The second-order valence-electron chi connectivity index (χ2n) is 6.27. The Balaban J connectivity index is 1.64. The maximum absolute atomic E-state index is 6.13. The summed E-state index contributed by atoms with van der Waals surface area (Å²) >= 11 is 2.05. The van der Waals surface area contributed by atoms with Gasteiger partial charge in [-0.25, -0.2) is 0 Å². The molecule has 20 heavy (non-hydrogen) atoms. The fourth-order valence-electron chi connectivity index (χ4n) is 3.69. The van der Waals surface area contributed by atoms with Crippen LogP contribution >= 0.6 is 11.8 Å². The van der Waals surface area contributed by atoms with Crippen molar-refractivity contribution in [2.75, 3.05) is 24.7 Å². The molecule has 0 bridgehead atoms. The van der Waals surface area contributed by atoms with Gasteiger partial charge in [0.05, 0.1) is 5.60 Å². The molecule has 1 aromatic rings. The fourth-order valence-corrected chi connectivity index (χ4v) is 5.07. The average molecular weight is 291 g/mol. The average Bonchev–Trinajstić information content (AvgIpc) is 2.93. The zero-order chi connectivity index (χ0) is 13.8. The minimum atomic E-state index is 0.198. The molecule has 2 heterocycles. The number of ether oxygens (including phenoxy) is 1. The van der Waals surface area contributed by atoms with Crippen LogP contribution in [0, 0.1) is 5.92 Å². The maximum atomic E-state index is 6.13. The van der Waals surface area contributed by atoms with E-state index in [1.54, 1.807) is 0 Å². The lowest BCUT2D eigenvalue weighted by molar-refractivity contribution is -0.0813. The quantitative estimate of drug-likeness (QED) is 0.923. The predicted octanol–water partition coefficient (Wildman–Crippen LogP) is 3.42. The monoisotopic (exact) mass is 291 g/mol. The standard InChI is InChI=1S/C17H25NOS/c18-12-16(15-4-2-1-3-5-15)10-14-6-8-19-17(11-14)7-9-20-13-17/h1-5,14,16H,6-13,18H2. The number of hydrogen-bond donors (Lipinski definition) is 1. The molecule has 2 nitrogen and oxygen atoms in total. The van der Waals surface area contributed by atoms with E-state index < -0.39 is 0 Å². The molecule has 3 heteroatoms. The SMILES string of the molecule is NCC(CC1CCOC2(CCSC2)C1)c1ccccc1. The molecule has 0 saturated carbocycles. The molecule has 1 spiro atoms. The summed E-state index contributed by atoms with van der Waals surface area (Å²) in [6, 6.07) is 10.8. The van der Waals surface area contributed by atoms with Crippen molar-refractivity contribution in [2.45, 2.75) is 37.2 Å². The van der Waals surface area contributed by atoms with Gasteiger partial charge in [0.2, 0.25) is 0 Å². The van der Waals surface area contributed by atoms with Gasteiger partial charge in [0, 0.05) is 12.4 Å². The topological polar surface area (TPSA) is 35.2 Å². The largest absolute Gasteiger partial charge is 0.374 e. The molecule has 2 fully saturated rings. The van der Waals surface area contributed by atoms with Gasteiger partial charge in [-0.1, -0.05) is 30.3 Å². The first-order valence-corrected chi connectivity index (χ1v) is 8.93. The molecule has 1 aromatic carbocycles. The summed E-state index contributed by atoms with van der Waals surface area (Å²) < 4.78 is 6.13. The van der Waals surface area contributed by atoms with Crippen LogP contribution in [0.2, 0.25) is 0 Å². The van der Waals surface area contributed by atoms with Crippen molar-refractivity contribution in [1.82, 2.24) is 0 Å². The first-order chi connectivity index (χ1) is 9.81. The van der Waals surface area contributed by atoms with Gasteiger partial charge < -0.3 is 10.5 Å². The van der Waals surface area contributed by atoms with Crippen LogP contribution in [0.25, 0.3) is 0 Å². The Morgan fingerprint density at radius 1 is 1.35 bits per heavy atom. The lowest BCUT2D eigenvalue weighted by Crippen LogP contribution is -2.40. The third-order valence-electron chi connectivity index (χ3n) is 4.84. The minimum Gasteiger partial charge on any atom is -0.374 e. The summed E-state index contributed by atoms with van der Waals surface area (Å²) in [5, 5.41) is 0.